The van der Waals surface area contributed by atoms with Crippen LogP contribution in [-0.2, 0) is 4.74 Å². The third-order valence-electron chi connectivity index (χ3n) is 3.10. The van der Waals surface area contributed by atoms with E-state index in [0.29, 0.717) is 12.2 Å². The third-order valence-corrected chi connectivity index (χ3v) is 4.38. The SMILES string of the molecule is CCCSc1ccccc1C(=O)OCCN(CC)CC. The zero-order valence-corrected chi connectivity index (χ0v) is 13.5. The molecule has 3 nitrogen and oxygen atoms in total. The van der Waals surface area contributed by atoms with E-state index in [1.165, 1.54) is 0 Å². The summed E-state index contributed by atoms with van der Waals surface area (Å²) in [6.45, 7) is 9.58. The summed E-state index contributed by atoms with van der Waals surface area (Å²) in [6, 6.07) is 7.68. The Morgan fingerprint density at radius 1 is 1.20 bits per heavy atom. The Kier molecular flexibility index (Phi) is 8.38. The summed E-state index contributed by atoms with van der Waals surface area (Å²) in [5.74, 6) is 0.806. The highest BCUT2D eigenvalue weighted by atomic mass is 32.2. The van der Waals surface area contributed by atoms with Crippen LogP contribution in [0.4, 0.5) is 0 Å². The molecule has 4 heteroatoms. The average molecular weight is 295 g/mol. The fourth-order valence-corrected chi connectivity index (χ4v) is 2.76. The first-order valence-corrected chi connectivity index (χ1v) is 8.32. The monoisotopic (exact) mass is 295 g/mol. The number of nitrogens with zero attached hydrogens (tertiary/aromatic N) is 1. The fourth-order valence-electron chi connectivity index (χ4n) is 1.86. The van der Waals surface area contributed by atoms with Gasteiger partial charge in [0.05, 0.1) is 5.56 Å². The topological polar surface area (TPSA) is 29.5 Å². The van der Waals surface area contributed by atoms with Crippen LogP contribution in [0.25, 0.3) is 0 Å². The standard InChI is InChI=1S/C16H25NO2S/c1-4-13-20-15-10-8-7-9-14(15)16(18)19-12-11-17(5-2)6-3/h7-10H,4-6,11-13H2,1-3H3. The van der Waals surface area contributed by atoms with Crippen molar-refractivity contribution in [1.82, 2.24) is 4.90 Å². The summed E-state index contributed by atoms with van der Waals surface area (Å²) < 4.78 is 5.39. The smallest absolute Gasteiger partial charge is 0.339 e. The molecular weight excluding hydrogens is 270 g/mol. The number of ether oxygens (including phenoxy) is 1. The molecule has 0 fully saturated rings. The number of carbonyl (C=O) groups is 1. The third kappa shape index (κ3) is 5.55. The first kappa shape index (κ1) is 17.1. The Hall–Kier alpha value is -1.00. The highest BCUT2D eigenvalue weighted by molar-refractivity contribution is 7.99. The summed E-state index contributed by atoms with van der Waals surface area (Å²) in [7, 11) is 0. The van der Waals surface area contributed by atoms with Crippen LogP contribution in [0, 0.1) is 0 Å². The van der Waals surface area contributed by atoms with Crippen LogP contribution in [-0.4, -0.2) is 42.9 Å². The van der Waals surface area contributed by atoms with Crippen molar-refractivity contribution < 1.29 is 9.53 Å². The molecule has 0 bridgehead atoms. The molecule has 0 aliphatic carbocycles. The average Bonchev–Trinajstić information content (AvgIpc) is 2.49. The van der Waals surface area contributed by atoms with Gasteiger partial charge >= 0.3 is 5.97 Å². The molecule has 0 aromatic heterocycles. The molecule has 0 heterocycles. The first-order chi connectivity index (χ1) is 9.72. The molecule has 0 aliphatic heterocycles. The molecule has 0 aliphatic rings. The molecule has 0 saturated carbocycles. The second-order valence-electron chi connectivity index (χ2n) is 4.51. The van der Waals surface area contributed by atoms with Gasteiger partial charge in [-0.05, 0) is 37.4 Å². The van der Waals surface area contributed by atoms with Gasteiger partial charge in [0.1, 0.15) is 6.61 Å². The fraction of sp³-hybridized carbons (Fsp3) is 0.562. The Bertz CT molecular complexity index is 405. The van der Waals surface area contributed by atoms with Gasteiger partial charge in [-0.2, -0.15) is 0 Å². The van der Waals surface area contributed by atoms with Crippen LogP contribution in [0.15, 0.2) is 29.2 Å². The molecule has 20 heavy (non-hydrogen) atoms. The van der Waals surface area contributed by atoms with Gasteiger partial charge in [0, 0.05) is 11.4 Å². The van der Waals surface area contributed by atoms with Gasteiger partial charge < -0.3 is 9.64 Å². The number of benzene rings is 1. The van der Waals surface area contributed by atoms with Gasteiger partial charge in [-0.1, -0.05) is 32.9 Å². The molecule has 1 aromatic rings. The van der Waals surface area contributed by atoms with E-state index in [2.05, 4.69) is 25.7 Å². The van der Waals surface area contributed by atoms with E-state index in [9.17, 15) is 4.79 Å². The minimum Gasteiger partial charge on any atom is -0.461 e. The first-order valence-electron chi connectivity index (χ1n) is 7.34. The van der Waals surface area contributed by atoms with Crippen LogP contribution >= 0.6 is 11.8 Å². The number of hydrogen-bond donors (Lipinski definition) is 0. The van der Waals surface area contributed by atoms with Crippen molar-refractivity contribution in [3.63, 3.8) is 0 Å². The normalized spacial score (nSPS) is 10.8. The predicted octanol–water partition coefficient (Wildman–Crippen LogP) is 3.69. The van der Waals surface area contributed by atoms with E-state index in [1.807, 2.05) is 24.3 Å². The Balaban J connectivity index is 2.54. The number of rotatable bonds is 9. The molecule has 0 atom stereocenters. The van der Waals surface area contributed by atoms with Gasteiger partial charge in [-0.15, -0.1) is 11.8 Å². The lowest BCUT2D eigenvalue weighted by atomic mass is 10.2. The summed E-state index contributed by atoms with van der Waals surface area (Å²) >= 11 is 1.71. The zero-order valence-electron chi connectivity index (χ0n) is 12.7. The van der Waals surface area contributed by atoms with Crippen molar-refractivity contribution in [3.05, 3.63) is 29.8 Å². The van der Waals surface area contributed by atoms with E-state index in [4.69, 9.17) is 4.74 Å². The lowest BCUT2D eigenvalue weighted by Gasteiger charge is -2.17. The van der Waals surface area contributed by atoms with E-state index in [0.717, 1.165) is 36.7 Å². The van der Waals surface area contributed by atoms with Crippen LogP contribution in [0.5, 0.6) is 0 Å². The number of likely N-dealkylation sites (N-methyl/N-ethyl adjacent to an activating group) is 1. The van der Waals surface area contributed by atoms with Crippen molar-refractivity contribution >= 4 is 17.7 Å². The predicted molar refractivity (Wildman–Crippen MR) is 85.5 cm³/mol. The Morgan fingerprint density at radius 2 is 1.90 bits per heavy atom. The Morgan fingerprint density at radius 3 is 2.55 bits per heavy atom. The number of hydrogen-bond acceptors (Lipinski definition) is 4. The second kappa shape index (κ2) is 9.83. The minimum atomic E-state index is -0.212. The van der Waals surface area contributed by atoms with Crippen LogP contribution in [0.2, 0.25) is 0 Å². The summed E-state index contributed by atoms with van der Waals surface area (Å²) in [5.41, 5.74) is 0.686. The largest absolute Gasteiger partial charge is 0.461 e. The number of carbonyl (C=O) groups excluding carboxylic acids is 1. The molecule has 0 N–H and O–H groups in total. The highest BCUT2D eigenvalue weighted by Crippen LogP contribution is 2.23. The lowest BCUT2D eigenvalue weighted by molar-refractivity contribution is 0.0462. The molecular formula is C16H25NO2S. The quantitative estimate of drug-likeness (QED) is 0.513. The lowest BCUT2D eigenvalue weighted by Crippen LogP contribution is -2.28. The maximum atomic E-state index is 12.1. The van der Waals surface area contributed by atoms with Crippen molar-refractivity contribution in [2.75, 3.05) is 32.0 Å². The van der Waals surface area contributed by atoms with E-state index >= 15 is 0 Å². The molecule has 0 unspecified atom stereocenters. The van der Waals surface area contributed by atoms with Crippen molar-refractivity contribution in [2.45, 2.75) is 32.1 Å². The zero-order chi connectivity index (χ0) is 14.8. The maximum Gasteiger partial charge on any atom is 0.339 e. The molecule has 0 saturated heterocycles. The maximum absolute atomic E-state index is 12.1. The van der Waals surface area contributed by atoms with E-state index in [-0.39, 0.29) is 5.97 Å². The second-order valence-corrected chi connectivity index (χ2v) is 5.64. The van der Waals surface area contributed by atoms with Crippen molar-refractivity contribution in [2.24, 2.45) is 0 Å². The minimum absolute atomic E-state index is 0.212. The van der Waals surface area contributed by atoms with Gasteiger partial charge in [0.25, 0.3) is 0 Å². The number of thioether (sulfide) groups is 1. The van der Waals surface area contributed by atoms with E-state index in [1.54, 1.807) is 11.8 Å². The molecule has 0 spiro atoms. The van der Waals surface area contributed by atoms with Crippen molar-refractivity contribution in [1.29, 1.82) is 0 Å². The molecule has 0 amide bonds. The summed E-state index contributed by atoms with van der Waals surface area (Å²) in [5, 5.41) is 0. The molecule has 1 rings (SSSR count). The van der Waals surface area contributed by atoms with Gasteiger partial charge in [-0.25, -0.2) is 4.79 Å². The van der Waals surface area contributed by atoms with Gasteiger partial charge in [-0.3, -0.25) is 0 Å². The summed E-state index contributed by atoms with van der Waals surface area (Å²) in [4.78, 5) is 15.4. The van der Waals surface area contributed by atoms with Crippen molar-refractivity contribution in [3.8, 4) is 0 Å². The van der Waals surface area contributed by atoms with Crippen LogP contribution in [0.3, 0.4) is 0 Å². The molecule has 112 valence electrons. The summed E-state index contributed by atoms with van der Waals surface area (Å²) in [6.07, 6.45) is 1.09. The van der Waals surface area contributed by atoms with Crippen LogP contribution < -0.4 is 0 Å². The van der Waals surface area contributed by atoms with Gasteiger partial charge in [0.15, 0.2) is 0 Å². The molecule has 0 radical (unpaired) electrons. The Labute approximate surface area is 126 Å². The highest BCUT2D eigenvalue weighted by Gasteiger charge is 2.12. The number of esters is 1. The van der Waals surface area contributed by atoms with Gasteiger partial charge in [0.2, 0.25) is 0 Å². The van der Waals surface area contributed by atoms with Crippen LogP contribution in [0.1, 0.15) is 37.6 Å². The molecule has 1 aromatic carbocycles. The van der Waals surface area contributed by atoms with E-state index < -0.39 is 0 Å².